The molecule has 0 unspecified atom stereocenters. The standard InChI is InChI=1S/C12H16N2O/c1-8(12(13)15)14-11-6-9-4-2-3-5-10(9)7-11/h2-5,8,11,14H,6-7H2,1H3,(H2,13,15)/t8-/m0/s1. The molecule has 1 aliphatic rings. The van der Waals surface area contributed by atoms with Crippen molar-refractivity contribution in [3.8, 4) is 0 Å². The highest BCUT2D eigenvalue weighted by molar-refractivity contribution is 5.79. The van der Waals surface area contributed by atoms with E-state index < -0.39 is 0 Å². The van der Waals surface area contributed by atoms with Gasteiger partial charge in [-0.05, 0) is 30.9 Å². The van der Waals surface area contributed by atoms with Gasteiger partial charge in [0.25, 0.3) is 0 Å². The van der Waals surface area contributed by atoms with E-state index in [0.29, 0.717) is 6.04 Å². The van der Waals surface area contributed by atoms with E-state index in [0.717, 1.165) is 12.8 Å². The molecule has 0 spiro atoms. The normalized spacial score (nSPS) is 17.4. The first-order chi connectivity index (χ1) is 7.16. The molecule has 3 N–H and O–H groups in total. The van der Waals surface area contributed by atoms with Gasteiger partial charge in [-0.25, -0.2) is 0 Å². The first-order valence-corrected chi connectivity index (χ1v) is 5.29. The van der Waals surface area contributed by atoms with Crippen LogP contribution in [0.15, 0.2) is 24.3 Å². The van der Waals surface area contributed by atoms with Crippen molar-refractivity contribution < 1.29 is 4.79 Å². The third-order valence-corrected chi connectivity index (χ3v) is 2.96. The molecule has 1 amide bonds. The van der Waals surface area contributed by atoms with Gasteiger partial charge in [0.05, 0.1) is 6.04 Å². The molecule has 0 saturated heterocycles. The van der Waals surface area contributed by atoms with E-state index in [4.69, 9.17) is 5.73 Å². The number of carbonyl (C=O) groups is 1. The molecule has 0 saturated carbocycles. The predicted molar refractivity (Wildman–Crippen MR) is 59.4 cm³/mol. The summed E-state index contributed by atoms with van der Waals surface area (Å²) < 4.78 is 0. The highest BCUT2D eigenvalue weighted by Gasteiger charge is 2.23. The zero-order valence-electron chi connectivity index (χ0n) is 8.86. The van der Waals surface area contributed by atoms with E-state index in [-0.39, 0.29) is 11.9 Å². The number of nitrogens with two attached hydrogens (primary N) is 1. The topological polar surface area (TPSA) is 55.1 Å². The van der Waals surface area contributed by atoms with Crippen LogP contribution in [0.5, 0.6) is 0 Å². The minimum Gasteiger partial charge on any atom is -0.368 e. The van der Waals surface area contributed by atoms with E-state index in [1.165, 1.54) is 11.1 Å². The lowest BCUT2D eigenvalue weighted by Gasteiger charge is -2.16. The van der Waals surface area contributed by atoms with E-state index in [2.05, 4.69) is 29.6 Å². The van der Waals surface area contributed by atoms with Gasteiger partial charge in [-0.2, -0.15) is 0 Å². The fourth-order valence-corrected chi connectivity index (χ4v) is 2.11. The first kappa shape index (κ1) is 10.2. The quantitative estimate of drug-likeness (QED) is 0.758. The Morgan fingerprint density at radius 3 is 2.40 bits per heavy atom. The number of primary amides is 1. The first-order valence-electron chi connectivity index (χ1n) is 5.29. The fraction of sp³-hybridized carbons (Fsp3) is 0.417. The maximum absolute atomic E-state index is 10.9. The summed E-state index contributed by atoms with van der Waals surface area (Å²) in [6.45, 7) is 1.81. The zero-order valence-corrected chi connectivity index (χ0v) is 8.86. The Bertz CT molecular complexity index is 351. The lowest BCUT2D eigenvalue weighted by molar-refractivity contribution is -0.119. The molecule has 80 valence electrons. The van der Waals surface area contributed by atoms with Gasteiger partial charge in [0.2, 0.25) is 5.91 Å². The van der Waals surface area contributed by atoms with E-state index in [1.54, 1.807) is 0 Å². The largest absolute Gasteiger partial charge is 0.368 e. The van der Waals surface area contributed by atoms with E-state index in [9.17, 15) is 4.79 Å². The average Bonchev–Trinajstić information content (AvgIpc) is 2.59. The summed E-state index contributed by atoms with van der Waals surface area (Å²) in [5, 5.41) is 3.25. The maximum atomic E-state index is 10.9. The molecule has 0 fully saturated rings. The summed E-state index contributed by atoms with van der Waals surface area (Å²) >= 11 is 0. The predicted octanol–water partition coefficient (Wildman–Crippen LogP) is 0.617. The molecule has 0 heterocycles. The molecule has 0 aromatic heterocycles. The number of hydrogen-bond donors (Lipinski definition) is 2. The van der Waals surface area contributed by atoms with Crippen molar-refractivity contribution in [1.82, 2.24) is 5.32 Å². The van der Waals surface area contributed by atoms with Crippen molar-refractivity contribution in [3.05, 3.63) is 35.4 Å². The molecule has 1 aliphatic carbocycles. The monoisotopic (exact) mass is 204 g/mol. The minimum atomic E-state index is -0.286. The molecule has 1 aromatic rings. The van der Waals surface area contributed by atoms with E-state index in [1.807, 2.05) is 6.92 Å². The molecule has 3 heteroatoms. The van der Waals surface area contributed by atoms with Gasteiger partial charge in [0.15, 0.2) is 0 Å². The highest BCUT2D eigenvalue weighted by Crippen LogP contribution is 2.21. The Hall–Kier alpha value is -1.35. The van der Waals surface area contributed by atoms with Crippen molar-refractivity contribution >= 4 is 5.91 Å². The molecule has 0 radical (unpaired) electrons. The molecule has 2 rings (SSSR count). The Morgan fingerprint density at radius 1 is 1.40 bits per heavy atom. The number of nitrogens with one attached hydrogen (secondary N) is 1. The molecule has 1 atom stereocenters. The summed E-state index contributed by atoms with van der Waals surface area (Å²) in [4.78, 5) is 10.9. The van der Waals surface area contributed by atoms with Crippen LogP contribution in [0.3, 0.4) is 0 Å². The van der Waals surface area contributed by atoms with Crippen LogP contribution in [0.4, 0.5) is 0 Å². The number of carbonyl (C=O) groups excluding carboxylic acids is 1. The molecule has 0 aliphatic heterocycles. The lowest BCUT2D eigenvalue weighted by Crippen LogP contribution is -2.44. The van der Waals surface area contributed by atoms with Gasteiger partial charge in [0.1, 0.15) is 0 Å². The summed E-state index contributed by atoms with van der Waals surface area (Å²) in [6, 6.07) is 8.50. The van der Waals surface area contributed by atoms with Gasteiger partial charge in [-0.1, -0.05) is 24.3 Å². The summed E-state index contributed by atoms with van der Waals surface area (Å²) in [5.74, 6) is -0.286. The molecular formula is C12H16N2O. The van der Waals surface area contributed by atoms with Gasteiger partial charge in [-0.15, -0.1) is 0 Å². The summed E-state index contributed by atoms with van der Waals surface area (Å²) in [5.41, 5.74) is 7.98. The van der Waals surface area contributed by atoms with Gasteiger partial charge in [-0.3, -0.25) is 4.79 Å². The Labute approximate surface area is 89.7 Å². The second-order valence-electron chi connectivity index (χ2n) is 4.16. The average molecular weight is 204 g/mol. The molecule has 15 heavy (non-hydrogen) atoms. The van der Waals surface area contributed by atoms with Crippen LogP contribution >= 0.6 is 0 Å². The Balaban J connectivity index is 1.99. The van der Waals surface area contributed by atoms with Gasteiger partial charge < -0.3 is 11.1 Å². The highest BCUT2D eigenvalue weighted by atomic mass is 16.1. The van der Waals surface area contributed by atoms with Crippen molar-refractivity contribution in [2.75, 3.05) is 0 Å². The Kier molecular flexibility index (Phi) is 2.73. The number of amides is 1. The molecule has 3 nitrogen and oxygen atoms in total. The van der Waals surface area contributed by atoms with Gasteiger partial charge >= 0.3 is 0 Å². The lowest BCUT2D eigenvalue weighted by atomic mass is 10.1. The third-order valence-electron chi connectivity index (χ3n) is 2.96. The molecule has 0 bridgehead atoms. The second kappa shape index (κ2) is 4.03. The van der Waals surface area contributed by atoms with Crippen LogP contribution in [0, 0.1) is 0 Å². The van der Waals surface area contributed by atoms with Crippen LogP contribution in [0.2, 0.25) is 0 Å². The summed E-state index contributed by atoms with van der Waals surface area (Å²) in [6.07, 6.45) is 1.99. The van der Waals surface area contributed by atoms with Crippen LogP contribution in [0.1, 0.15) is 18.1 Å². The smallest absolute Gasteiger partial charge is 0.234 e. The molecular weight excluding hydrogens is 188 g/mol. The SMILES string of the molecule is C[C@H](NC1Cc2ccccc2C1)C(N)=O. The fourth-order valence-electron chi connectivity index (χ4n) is 2.11. The molecule has 1 aromatic carbocycles. The summed E-state index contributed by atoms with van der Waals surface area (Å²) in [7, 11) is 0. The van der Waals surface area contributed by atoms with Crippen LogP contribution in [0.25, 0.3) is 0 Å². The van der Waals surface area contributed by atoms with Crippen LogP contribution in [-0.2, 0) is 17.6 Å². The zero-order chi connectivity index (χ0) is 10.8. The van der Waals surface area contributed by atoms with Gasteiger partial charge in [0, 0.05) is 6.04 Å². The van der Waals surface area contributed by atoms with Crippen LogP contribution in [-0.4, -0.2) is 18.0 Å². The van der Waals surface area contributed by atoms with Crippen molar-refractivity contribution in [1.29, 1.82) is 0 Å². The van der Waals surface area contributed by atoms with Crippen molar-refractivity contribution in [2.24, 2.45) is 5.73 Å². The third kappa shape index (κ3) is 2.18. The number of hydrogen-bond acceptors (Lipinski definition) is 2. The minimum absolute atomic E-state index is 0.246. The van der Waals surface area contributed by atoms with E-state index >= 15 is 0 Å². The maximum Gasteiger partial charge on any atom is 0.234 e. The Morgan fingerprint density at radius 2 is 1.93 bits per heavy atom. The number of rotatable bonds is 3. The van der Waals surface area contributed by atoms with Crippen molar-refractivity contribution in [2.45, 2.75) is 31.8 Å². The van der Waals surface area contributed by atoms with Crippen LogP contribution < -0.4 is 11.1 Å². The number of fused-ring (bicyclic) bond motifs is 1. The number of benzene rings is 1. The van der Waals surface area contributed by atoms with Crippen molar-refractivity contribution in [3.63, 3.8) is 0 Å². The second-order valence-corrected chi connectivity index (χ2v) is 4.16.